The largest absolute Gasteiger partial charge is 0.240 e. The van der Waals surface area contributed by atoms with E-state index in [0.29, 0.717) is 22.9 Å². The second-order valence-corrected chi connectivity index (χ2v) is 5.59. The predicted octanol–water partition coefficient (Wildman–Crippen LogP) is 4.29. The van der Waals surface area contributed by atoms with Gasteiger partial charge in [0.1, 0.15) is 11.0 Å². The van der Waals surface area contributed by atoms with E-state index < -0.39 is 0 Å². The Morgan fingerprint density at radius 3 is 2.13 bits per heavy atom. The summed E-state index contributed by atoms with van der Waals surface area (Å²) in [5.74, 6) is 2.23. The number of nitrogens with zero attached hydrogens (tertiary/aromatic N) is 2. The van der Waals surface area contributed by atoms with Gasteiger partial charge in [-0.3, -0.25) is 0 Å². The molecular formula is C11H16BrClN2. The average Bonchev–Trinajstić information content (AvgIpc) is 2.10. The van der Waals surface area contributed by atoms with E-state index in [4.69, 9.17) is 11.6 Å². The lowest BCUT2D eigenvalue weighted by Crippen LogP contribution is -2.16. The molecule has 15 heavy (non-hydrogen) atoms. The van der Waals surface area contributed by atoms with Crippen LogP contribution in [-0.2, 0) is 0 Å². The summed E-state index contributed by atoms with van der Waals surface area (Å²) >= 11 is 9.26. The summed E-state index contributed by atoms with van der Waals surface area (Å²) in [6.45, 7) is 8.74. The summed E-state index contributed by atoms with van der Waals surface area (Å²) in [4.78, 5) is 8.66. The molecule has 0 saturated heterocycles. The molecule has 0 N–H and O–H groups in total. The highest BCUT2D eigenvalue weighted by atomic mass is 79.9. The van der Waals surface area contributed by atoms with Crippen LogP contribution in [0.15, 0.2) is 10.7 Å². The van der Waals surface area contributed by atoms with E-state index in [2.05, 4.69) is 53.6 Å². The Morgan fingerprint density at radius 2 is 1.73 bits per heavy atom. The van der Waals surface area contributed by atoms with Gasteiger partial charge in [-0.1, -0.05) is 39.3 Å². The molecule has 0 aliphatic rings. The molecule has 1 aromatic heterocycles. The van der Waals surface area contributed by atoms with E-state index in [0.717, 1.165) is 10.3 Å². The van der Waals surface area contributed by atoms with Gasteiger partial charge in [0.15, 0.2) is 0 Å². The van der Waals surface area contributed by atoms with Gasteiger partial charge in [0, 0.05) is 12.1 Å². The highest BCUT2D eigenvalue weighted by Crippen LogP contribution is 2.31. The molecule has 0 aliphatic carbocycles. The molecule has 1 rings (SSSR count). The molecule has 0 radical (unpaired) electrons. The zero-order chi connectivity index (χ0) is 11.6. The molecule has 0 spiro atoms. The minimum absolute atomic E-state index is 0.357. The van der Waals surface area contributed by atoms with Crippen LogP contribution in [0.3, 0.4) is 0 Å². The van der Waals surface area contributed by atoms with Gasteiger partial charge in [0.05, 0.1) is 4.47 Å². The molecule has 0 amide bonds. The fourth-order valence-corrected chi connectivity index (χ4v) is 2.21. The Bertz CT molecular complexity index is 331. The molecule has 0 aliphatic heterocycles. The number of hydrogen-bond donors (Lipinski definition) is 0. The van der Waals surface area contributed by atoms with Crippen molar-refractivity contribution in [3.8, 4) is 0 Å². The molecule has 84 valence electrons. The summed E-state index contributed by atoms with van der Waals surface area (Å²) in [5.41, 5.74) is 0. The molecule has 4 heteroatoms. The molecular weight excluding hydrogens is 275 g/mol. The van der Waals surface area contributed by atoms with Gasteiger partial charge in [0.25, 0.3) is 0 Å². The van der Waals surface area contributed by atoms with Crippen LogP contribution in [0.25, 0.3) is 0 Å². The molecule has 0 aromatic carbocycles. The van der Waals surface area contributed by atoms with Crippen molar-refractivity contribution in [2.45, 2.75) is 33.6 Å². The second kappa shape index (κ2) is 5.26. The molecule has 1 heterocycles. The van der Waals surface area contributed by atoms with E-state index >= 15 is 0 Å². The summed E-state index contributed by atoms with van der Waals surface area (Å²) in [6.07, 6.45) is 1.72. The third-order valence-electron chi connectivity index (χ3n) is 2.45. The SMILES string of the molecule is CC(C)C(c1ncc(Br)c(Cl)n1)C(C)C. The highest BCUT2D eigenvalue weighted by Gasteiger charge is 2.22. The number of rotatable bonds is 3. The van der Waals surface area contributed by atoms with Crippen LogP contribution in [0.2, 0.25) is 5.15 Å². The van der Waals surface area contributed by atoms with Crippen molar-refractivity contribution in [3.63, 3.8) is 0 Å². The third-order valence-corrected chi connectivity index (χ3v) is 3.55. The summed E-state index contributed by atoms with van der Waals surface area (Å²) < 4.78 is 0.749. The lowest BCUT2D eigenvalue weighted by Gasteiger charge is -2.23. The van der Waals surface area contributed by atoms with Gasteiger partial charge in [0.2, 0.25) is 0 Å². The van der Waals surface area contributed by atoms with Crippen LogP contribution in [0.4, 0.5) is 0 Å². The van der Waals surface area contributed by atoms with Gasteiger partial charge >= 0.3 is 0 Å². The van der Waals surface area contributed by atoms with E-state index in [-0.39, 0.29) is 0 Å². The van der Waals surface area contributed by atoms with Crippen molar-refractivity contribution in [1.82, 2.24) is 9.97 Å². The Kier molecular flexibility index (Phi) is 4.53. The van der Waals surface area contributed by atoms with Gasteiger partial charge in [-0.05, 0) is 27.8 Å². The summed E-state index contributed by atoms with van der Waals surface area (Å²) in [7, 11) is 0. The Labute approximate surface area is 105 Å². The van der Waals surface area contributed by atoms with Crippen molar-refractivity contribution in [3.05, 3.63) is 21.6 Å². The first kappa shape index (κ1) is 12.9. The second-order valence-electron chi connectivity index (χ2n) is 4.38. The first-order chi connectivity index (χ1) is 6.93. The number of halogens is 2. The smallest absolute Gasteiger partial charge is 0.146 e. The molecule has 1 aromatic rings. The Balaban J connectivity index is 3.07. The Hall–Kier alpha value is -0.150. The van der Waals surface area contributed by atoms with Gasteiger partial charge in [-0.25, -0.2) is 9.97 Å². The minimum atomic E-state index is 0.357. The zero-order valence-corrected chi connectivity index (χ0v) is 11.8. The van der Waals surface area contributed by atoms with Crippen molar-refractivity contribution < 1.29 is 0 Å². The first-order valence-corrected chi connectivity index (χ1v) is 6.28. The topological polar surface area (TPSA) is 25.8 Å². The van der Waals surface area contributed by atoms with Crippen LogP contribution >= 0.6 is 27.5 Å². The fraction of sp³-hybridized carbons (Fsp3) is 0.636. The molecule has 0 fully saturated rings. The minimum Gasteiger partial charge on any atom is -0.240 e. The monoisotopic (exact) mass is 290 g/mol. The number of aromatic nitrogens is 2. The highest BCUT2D eigenvalue weighted by molar-refractivity contribution is 9.10. The zero-order valence-electron chi connectivity index (χ0n) is 9.46. The van der Waals surface area contributed by atoms with Crippen molar-refractivity contribution in [2.24, 2.45) is 11.8 Å². The summed E-state index contributed by atoms with van der Waals surface area (Å²) in [5, 5.41) is 0.492. The van der Waals surface area contributed by atoms with Crippen LogP contribution < -0.4 is 0 Å². The quantitative estimate of drug-likeness (QED) is 0.777. The van der Waals surface area contributed by atoms with E-state index in [9.17, 15) is 0 Å². The van der Waals surface area contributed by atoms with Crippen LogP contribution in [0, 0.1) is 11.8 Å². The van der Waals surface area contributed by atoms with Crippen LogP contribution in [0.1, 0.15) is 39.4 Å². The van der Waals surface area contributed by atoms with Crippen molar-refractivity contribution in [2.75, 3.05) is 0 Å². The molecule has 0 unspecified atom stereocenters. The third kappa shape index (κ3) is 3.15. The van der Waals surface area contributed by atoms with Gasteiger partial charge in [-0.15, -0.1) is 0 Å². The number of hydrogen-bond acceptors (Lipinski definition) is 2. The normalized spacial score (nSPS) is 11.8. The van der Waals surface area contributed by atoms with E-state index in [1.54, 1.807) is 6.20 Å². The Morgan fingerprint density at radius 1 is 1.20 bits per heavy atom. The van der Waals surface area contributed by atoms with Crippen LogP contribution in [-0.4, -0.2) is 9.97 Å². The van der Waals surface area contributed by atoms with E-state index in [1.807, 2.05) is 0 Å². The lowest BCUT2D eigenvalue weighted by atomic mass is 9.85. The maximum Gasteiger partial charge on any atom is 0.146 e. The maximum atomic E-state index is 5.97. The molecule has 0 bridgehead atoms. The van der Waals surface area contributed by atoms with Crippen molar-refractivity contribution in [1.29, 1.82) is 0 Å². The average molecular weight is 292 g/mol. The first-order valence-electron chi connectivity index (χ1n) is 5.11. The summed E-state index contributed by atoms with van der Waals surface area (Å²) in [6, 6.07) is 0. The maximum absolute atomic E-state index is 5.97. The van der Waals surface area contributed by atoms with Gasteiger partial charge < -0.3 is 0 Å². The molecule has 0 saturated carbocycles. The predicted molar refractivity (Wildman–Crippen MR) is 67.2 cm³/mol. The lowest BCUT2D eigenvalue weighted by molar-refractivity contribution is 0.371. The van der Waals surface area contributed by atoms with Gasteiger partial charge in [-0.2, -0.15) is 0 Å². The molecule has 2 nitrogen and oxygen atoms in total. The standard InChI is InChI=1S/C11H16BrClN2/c1-6(2)9(7(3)4)11-14-5-8(12)10(13)15-11/h5-7,9H,1-4H3. The van der Waals surface area contributed by atoms with E-state index in [1.165, 1.54) is 0 Å². The fourth-order valence-electron chi connectivity index (χ4n) is 1.89. The van der Waals surface area contributed by atoms with Crippen molar-refractivity contribution >= 4 is 27.5 Å². The van der Waals surface area contributed by atoms with Crippen LogP contribution in [0.5, 0.6) is 0 Å². The molecule has 0 atom stereocenters.